The van der Waals surface area contributed by atoms with Crippen molar-refractivity contribution in [2.24, 2.45) is 0 Å². The molecule has 1 N–H and O–H groups in total. The van der Waals surface area contributed by atoms with Crippen LogP contribution in [0.15, 0.2) is 34.8 Å². The molecule has 0 aliphatic carbocycles. The molecular weight excluding hydrogens is 321 g/mol. The lowest BCUT2D eigenvalue weighted by molar-refractivity contribution is 0.213. The molecule has 2 rings (SSSR count). The van der Waals surface area contributed by atoms with Crippen LogP contribution in [-0.4, -0.2) is 5.11 Å². The van der Waals surface area contributed by atoms with Crippen molar-refractivity contribution >= 4 is 15.9 Å². The summed E-state index contributed by atoms with van der Waals surface area (Å²) in [5.74, 6) is -1.80. The molecule has 1 atom stereocenters. The first-order valence-corrected chi connectivity index (χ1v) is 6.28. The third kappa shape index (κ3) is 2.82. The Labute approximate surface area is 116 Å². The van der Waals surface area contributed by atoms with Gasteiger partial charge in [0.25, 0.3) is 0 Å². The topological polar surface area (TPSA) is 20.2 Å². The number of hydrogen-bond donors (Lipinski definition) is 1. The van der Waals surface area contributed by atoms with Crippen LogP contribution in [0, 0.1) is 24.4 Å². The van der Waals surface area contributed by atoms with Crippen molar-refractivity contribution in [2.75, 3.05) is 0 Å². The van der Waals surface area contributed by atoms with Crippen LogP contribution in [0.5, 0.6) is 0 Å². The standard InChI is InChI=1S/C14H10BrF3O/c1-7-4-13(18)10(6-12(7)17)14(19)9-3-2-8(16)5-11(9)15/h2-6,14,19H,1H3. The smallest absolute Gasteiger partial charge is 0.129 e. The summed E-state index contributed by atoms with van der Waals surface area (Å²) in [6.07, 6.45) is -1.37. The number of rotatable bonds is 2. The second-order valence-corrected chi connectivity index (χ2v) is 5.05. The molecule has 0 aromatic heterocycles. The average molecular weight is 331 g/mol. The van der Waals surface area contributed by atoms with Crippen molar-refractivity contribution in [1.29, 1.82) is 0 Å². The van der Waals surface area contributed by atoms with Crippen LogP contribution in [0.3, 0.4) is 0 Å². The molecule has 0 aliphatic rings. The van der Waals surface area contributed by atoms with Crippen LogP contribution in [0.4, 0.5) is 13.2 Å². The Morgan fingerprint density at radius 3 is 2.32 bits per heavy atom. The predicted molar refractivity (Wildman–Crippen MR) is 69.3 cm³/mol. The van der Waals surface area contributed by atoms with E-state index >= 15 is 0 Å². The Kier molecular flexibility index (Phi) is 3.96. The second kappa shape index (κ2) is 5.35. The minimum atomic E-state index is -1.37. The van der Waals surface area contributed by atoms with Gasteiger partial charge in [0.2, 0.25) is 0 Å². The maximum Gasteiger partial charge on any atom is 0.129 e. The molecule has 0 bridgehead atoms. The molecule has 5 heteroatoms. The summed E-state index contributed by atoms with van der Waals surface area (Å²) >= 11 is 3.09. The molecule has 0 saturated carbocycles. The zero-order chi connectivity index (χ0) is 14.2. The van der Waals surface area contributed by atoms with E-state index < -0.39 is 23.6 Å². The molecule has 0 radical (unpaired) electrons. The molecule has 0 heterocycles. The van der Waals surface area contributed by atoms with Crippen molar-refractivity contribution < 1.29 is 18.3 Å². The lowest BCUT2D eigenvalue weighted by Crippen LogP contribution is -2.05. The second-order valence-electron chi connectivity index (χ2n) is 4.19. The molecule has 0 aliphatic heterocycles. The van der Waals surface area contributed by atoms with Gasteiger partial charge in [0.05, 0.1) is 0 Å². The van der Waals surface area contributed by atoms with Gasteiger partial charge >= 0.3 is 0 Å². The number of aryl methyl sites for hydroxylation is 1. The molecule has 0 amide bonds. The SMILES string of the molecule is Cc1cc(F)c(C(O)c2ccc(F)cc2Br)cc1F. The van der Waals surface area contributed by atoms with Gasteiger partial charge in [-0.15, -0.1) is 0 Å². The third-order valence-electron chi connectivity index (χ3n) is 2.83. The Morgan fingerprint density at radius 2 is 1.68 bits per heavy atom. The summed E-state index contributed by atoms with van der Waals surface area (Å²) in [5.41, 5.74) is 0.241. The minimum Gasteiger partial charge on any atom is -0.384 e. The molecule has 1 unspecified atom stereocenters. The quantitative estimate of drug-likeness (QED) is 0.872. The van der Waals surface area contributed by atoms with E-state index in [4.69, 9.17) is 0 Å². The highest BCUT2D eigenvalue weighted by atomic mass is 79.9. The number of aliphatic hydroxyl groups is 1. The summed E-state index contributed by atoms with van der Waals surface area (Å²) in [6.45, 7) is 1.43. The first-order valence-electron chi connectivity index (χ1n) is 5.48. The third-order valence-corrected chi connectivity index (χ3v) is 3.52. The van der Waals surface area contributed by atoms with Gasteiger partial charge in [-0.1, -0.05) is 22.0 Å². The van der Waals surface area contributed by atoms with Gasteiger partial charge < -0.3 is 5.11 Å². The highest BCUT2D eigenvalue weighted by molar-refractivity contribution is 9.10. The fourth-order valence-corrected chi connectivity index (χ4v) is 2.33. The van der Waals surface area contributed by atoms with Crippen molar-refractivity contribution in [3.05, 3.63) is 68.9 Å². The lowest BCUT2D eigenvalue weighted by Gasteiger charge is -2.15. The largest absolute Gasteiger partial charge is 0.384 e. The minimum absolute atomic E-state index is 0.159. The monoisotopic (exact) mass is 330 g/mol. The van der Waals surface area contributed by atoms with Crippen LogP contribution in [0.1, 0.15) is 22.8 Å². The Morgan fingerprint density at radius 1 is 1.00 bits per heavy atom. The van der Waals surface area contributed by atoms with Gasteiger partial charge in [-0.05, 0) is 42.3 Å². The molecule has 19 heavy (non-hydrogen) atoms. The zero-order valence-corrected chi connectivity index (χ0v) is 11.5. The molecule has 100 valence electrons. The van der Waals surface area contributed by atoms with E-state index in [9.17, 15) is 18.3 Å². The van der Waals surface area contributed by atoms with E-state index in [2.05, 4.69) is 15.9 Å². The predicted octanol–water partition coefficient (Wildman–Crippen LogP) is 4.26. The fraction of sp³-hybridized carbons (Fsp3) is 0.143. The number of aliphatic hydroxyl groups excluding tert-OH is 1. The Hall–Kier alpha value is -1.33. The average Bonchev–Trinajstić information content (AvgIpc) is 2.33. The summed E-state index contributed by atoms with van der Waals surface area (Å²) in [7, 11) is 0. The van der Waals surface area contributed by atoms with E-state index in [0.29, 0.717) is 4.47 Å². The normalized spacial score (nSPS) is 12.5. The van der Waals surface area contributed by atoms with Gasteiger partial charge in [0.1, 0.15) is 23.6 Å². The van der Waals surface area contributed by atoms with Gasteiger partial charge in [-0.25, -0.2) is 13.2 Å². The van der Waals surface area contributed by atoms with Gasteiger partial charge in [-0.2, -0.15) is 0 Å². The first kappa shape index (κ1) is 14.1. The molecular formula is C14H10BrF3O. The van der Waals surface area contributed by atoms with E-state index in [0.717, 1.165) is 24.3 Å². The number of hydrogen-bond acceptors (Lipinski definition) is 1. The molecule has 2 aromatic carbocycles. The summed E-state index contributed by atoms with van der Waals surface area (Å²) in [5, 5.41) is 10.1. The number of benzene rings is 2. The number of halogens is 4. The van der Waals surface area contributed by atoms with Crippen LogP contribution in [-0.2, 0) is 0 Å². The van der Waals surface area contributed by atoms with Gasteiger partial charge in [-0.3, -0.25) is 0 Å². The van der Waals surface area contributed by atoms with E-state index in [-0.39, 0.29) is 16.7 Å². The van der Waals surface area contributed by atoms with Crippen molar-refractivity contribution in [1.82, 2.24) is 0 Å². The Bertz CT molecular complexity index is 628. The van der Waals surface area contributed by atoms with Crippen LogP contribution in [0.25, 0.3) is 0 Å². The van der Waals surface area contributed by atoms with E-state index in [1.165, 1.54) is 13.0 Å². The zero-order valence-electron chi connectivity index (χ0n) is 9.92. The maximum absolute atomic E-state index is 13.8. The summed E-state index contributed by atoms with van der Waals surface area (Å²) < 4.78 is 40.5. The molecule has 2 aromatic rings. The molecule has 0 spiro atoms. The van der Waals surface area contributed by atoms with Crippen molar-refractivity contribution in [3.8, 4) is 0 Å². The van der Waals surface area contributed by atoms with Crippen molar-refractivity contribution in [2.45, 2.75) is 13.0 Å². The van der Waals surface area contributed by atoms with Gasteiger partial charge in [0, 0.05) is 10.0 Å². The van der Waals surface area contributed by atoms with Crippen LogP contribution in [0.2, 0.25) is 0 Å². The highest BCUT2D eigenvalue weighted by Crippen LogP contribution is 2.31. The van der Waals surface area contributed by atoms with E-state index in [1.807, 2.05) is 0 Å². The van der Waals surface area contributed by atoms with E-state index in [1.54, 1.807) is 0 Å². The fourth-order valence-electron chi connectivity index (χ4n) is 1.76. The molecule has 1 nitrogen and oxygen atoms in total. The first-order chi connectivity index (χ1) is 8.90. The van der Waals surface area contributed by atoms with Crippen molar-refractivity contribution in [3.63, 3.8) is 0 Å². The summed E-state index contributed by atoms with van der Waals surface area (Å²) in [4.78, 5) is 0. The summed E-state index contributed by atoms with van der Waals surface area (Å²) in [6, 6.07) is 5.59. The Balaban J connectivity index is 2.49. The van der Waals surface area contributed by atoms with Gasteiger partial charge in [0.15, 0.2) is 0 Å². The maximum atomic E-state index is 13.8. The van der Waals surface area contributed by atoms with Crippen LogP contribution >= 0.6 is 15.9 Å². The van der Waals surface area contributed by atoms with Crippen LogP contribution < -0.4 is 0 Å². The molecule has 0 saturated heterocycles. The lowest BCUT2D eigenvalue weighted by atomic mass is 9.99. The molecule has 0 fully saturated rings. The highest BCUT2D eigenvalue weighted by Gasteiger charge is 2.19.